The molecule has 3 aromatic carbocycles. The van der Waals surface area contributed by atoms with Gasteiger partial charge in [0.1, 0.15) is 5.82 Å². The second-order valence-corrected chi connectivity index (χ2v) is 7.49. The van der Waals surface area contributed by atoms with E-state index in [2.05, 4.69) is 0 Å². The number of rotatable bonds is 6. The summed E-state index contributed by atoms with van der Waals surface area (Å²) < 4.78 is 18.1. The smallest absolute Gasteiger partial charge is 0.338 e. The summed E-state index contributed by atoms with van der Waals surface area (Å²) in [5.74, 6) is -2.36. The second-order valence-electron chi connectivity index (χ2n) is 7.49. The molecule has 0 bridgehead atoms. The average Bonchev–Trinajstić information content (AvgIpc) is 3.09. The third-order valence-corrected chi connectivity index (χ3v) is 5.24. The van der Waals surface area contributed by atoms with Crippen molar-refractivity contribution in [3.8, 4) is 0 Å². The molecule has 33 heavy (non-hydrogen) atoms. The van der Waals surface area contributed by atoms with Gasteiger partial charge < -0.3 is 9.64 Å². The van der Waals surface area contributed by atoms with Crippen LogP contribution in [-0.2, 0) is 16.1 Å². The minimum Gasteiger partial charge on any atom is -0.452 e. The largest absolute Gasteiger partial charge is 0.452 e. The maximum atomic E-state index is 13.0. The maximum Gasteiger partial charge on any atom is 0.338 e. The summed E-state index contributed by atoms with van der Waals surface area (Å²) in [5.41, 5.74) is 1.89. The lowest BCUT2D eigenvalue weighted by Crippen LogP contribution is -2.31. The molecule has 1 heterocycles. The molecule has 7 nitrogen and oxygen atoms in total. The van der Waals surface area contributed by atoms with Gasteiger partial charge in [0.15, 0.2) is 6.61 Å². The summed E-state index contributed by atoms with van der Waals surface area (Å²) in [6, 6.07) is 18.1. The number of likely N-dealkylation sites (N-methyl/N-ethyl adjacent to an activating group) is 1. The van der Waals surface area contributed by atoms with Gasteiger partial charge in [-0.2, -0.15) is 0 Å². The van der Waals surface area contributed by atoms with Gasteiger partial charge in [0.2, 0.25) is 0 Å². The van der Waals surface area contributed by atoms with Gasteiger partial charge in [-0.25, -0.2) is 14.1 Å². The summed E-state index contributed by atoms with van der Waals surface area (Å²) in [6.45, 7) is -0.220. The van der Waals surface area contributed by atoms with Crippen LogP contribution in [0.2, 0.25) is 0 Å². The first kappa shape index (κ1) is 21.9. The van der Waals surface area contributed by atoms with Crippen molar-refractivity contribution in [3.05, 3.63) is 101 Å². The van der Waals surface area contributed by atoms with Crippen LogP contribution < -0.4 is 4.90 Å². The van der Waals surface area contributed by atoms with Gasteiger partial charge in [0, 0.05) is 13.6 Å². The van der Waals surface area contributed by atoms with Crippen LogP contribution in [0.1, 0.15) is 36.6 Å². The van der Waals surface area contributed by atoms with E-state index in [-0.39, 0.29) is 17.9 Å². The van der Waals surface area contributed by atoms with E-state index in [0.717, 1.165) is 10.5 Å². The van der Waals surface area contributed by atoms with Crippen molar-refractivity contribution >= 4 is 29.4 Å². The normalized spacial score (nSPS) is 12.5. The van der Waals surface area contributed by atoms with Gasteiger partial charge in [0.25, 0.3) is 17.7 Å². The molecule has 3 aromatic rings. The first-order valence-electron chi connectivity index (χ1n) is 10.1. The zero-order chi connectivity index (χ0) is 23.5. The lowest BCUT2D eigenvalue weighted by atomic mass is 10.1. The quantitative estimate of drug-likeness (QED) is 0.428. The Morgan fingerprint density at radius 1 is 0.879 bits per heavy atom. The lowest BCUT2D eigenvalue weighted by molar-refractivity contribution is -0.133. The number of ether oxygens (including phenoxy) is 1. The summed E-state index contributed by atoms with van der Waals surface area (Å²) in [7, 11) is 1.55. The molecule has 0 atom stereocenters. The monoisotopic (exact) mass is 446 g/mol. The molecule has 4 rings (SSSR count). The number of hydrogen-bond acceptors (Lipinski definition) is 5. The number of carbonyl (C=O) groups is 4. The Morgan fingerprint density at radius 3 is 2.03 bits per heavy atom. The molecule has 0 spiro atoms. The molecule has 0 saturated heterocycles. The third kappa shape index (κ3) is 4.50. The predicted octanol–water partition coefficient (Wildman–Crippen LogP) is 3.44. The van der Waals surface area contributed by atoms with E-state index in [4.69, 9.17) is 4.74 Å². The fraction of sp³-hybridized carbons (Fsp3) is 0.120. The molecule has 0 saturated carbocycles. The number of anilines is 1. The molecule has 166 valence electrons. The highest BCUT2D eigenvalue weighted by Gasteiger charge is 2.36. The van der Waals surface area contributed by atoms with Gasteiger partial charge >= 0.3 is 5.97 Å². The number of nitrogens with zero attached hydrogens (tertiary/aromatic N) is 2. The van der Waals surface area contributed by atoms with Crippen LogP contribution in [0.3, 0.4) is 0 Å². The Hall–Kier alpha value is -4.33. The van der Waals surface area contributed by atoms with E-state index >= 15 is 0 Å². The Labute approximate surface area is 189 Å². The topological polar surface area (TPSA) is 84.0 Å². The first-order chi connectivity index (χ1) is 15.8. The number of fused-ring (bicyclic) bond motifs is 1. The van der Waals surface area contributed by atoms with Crippen molar-refractivity contribution in [1.82, 2.24) is 4.90 Å². The Balaban J connectivity index is 1.35. The minimum absolute atomic E-state index is 0.171. The molecular formula is C25H19FN2O5. The number of amides is 3. The first-order valence-corrected chi connectivity index (χ1v) is 10.1. The molecule has 0 aromatic heterocycles. The number of carbonyl (C=O) groups excluding carboxylic acids is 4. The number of benzene rings is 3. The predicted molar refractivity (Wildman–Crippen MR) is 117 cm³/mol. The lowest BCUT2D eigenvalue weighted by Gasteiger charge is -2.17. The van der Waals surface area contributed by atoms with E-state index < -0.39 is 30.3 Å². The van der Waals surface area contributed by atoms with Gasteiger partial charge in [-0.1, -0.05) is 24.3 Å². The summed E-state index contributed by atoms with van der Waals surface area (Å²) in [5, 5.41) is 0. The molecule has 8 heteroatoms. The van der Waals surface area contributed by atoms with Crippen LogP contribution in [0.5, 0.6) is 0 Å². The standard InChI is InChI=1S/C25H19FN2O5/c1-27(14-16-6-10-18(26)11-7-16)22(29)15-33-25(32)17-8-12-19(13-9-17)28-23(30)20-4-2-3-5-21(20)24(28)31/h2-13H,14-15H2,1H3. The number of hydrogen-bond donors (Lipinski definition) is 0. The fourth-order valence-corrected chi connectivity index (χ4v) is 3.44. The molecule has 3 amide bonds. The van der Waals surface area contributed by atoms with Gasteiger partial charge in [-0.05, 0) is 54.1 Å². The van der Waals surface area contributed by atoms with Crippen LogP contribution in [0.25, 0.3) is 0 Å². The van der Waals surface area contributed by atoms with Gasteiger partial charge in [-0.3, -0.25) is 14.4 Å². The van der Waals surface area contributed by atoms with Gasteiger partial charge in [0.05, 0.1) is 22.4 Å². The molecule has 0 unspecified atom stereocenters. The summed E-state index contributed by atoms with van der Waals surface area (Å²) >= 11 is 0. The SMILES string of the molecule is CN(Cc1ccc(F)cc1)C(=O)COC(=O)c1ccc(N2C(=O)c3ccccc3C2=O)cc1. The second kappa shape index (κ2) is 9.04. The Kier molecular flexibility index (Phi) is 5.99. The minimum atomic E-state index is -0.715. The highest BCUT2D eigenvalue weighted by atomic mass is 19.1. The molecule has 1 aliphatic rings. The van der Waals surface area contributed by atoms with Crippen LogP contribution in [0.4, 0.5) is 10.1 Å². The maximum absolute atomic E-state index is 13.0. The highest BCUT2D eigenvalue weighted by Crippen LogP contribution is 2.28. The Bertz CT molecular complexity index is 1200. The van der Waals surface area contributed by atoms with E-state index in [9.17, 15) is 23.6 Å². The zero-order valence-corrected chi connectivity index (χ0v) is 17.7. The van der Waals surface area contributed by atoms with Gasteiger partial charge in [-0.15, -0.1) is 0 Å². The third-order valence-electron chi connectivity index (χ3n) is 5.24. The van der Waals surface area contributed by atoms with Crippen molar-refractivity contribution in [2.75, 3.05) is 18.6 Å². The van der Waals surface area contributed by atoms with E-state index in [1.54, 1.807) is 43.4 Å². The number of imide groups is 1. The summed E-state index contributed by atoms with van der Waals surface area (Å²) in [4.78, 5) is 52.1. The molecular weight excluding hydrogens is 427 g/mol. The number of esters is 1. The molecule has 0 fully saturated rings. The highest BCUT2D eigenvalue weighted by molar-refractivity contribution is 6.34. The van der Waals surface area contributed by atoms with Crippen molar-refractivity contribution in [3.63, 3.8) is 0 Å². The van der Waals surface area contributed by atoms with Crippen molar-refractivity contribution in [2.24, 2.45) is 0 Å². The molecule has 1 aliphatic heterocycles. The fourth-order valence-electron chi connectivity index (χ4n) is 3.44. The van der Waals surface area contributed by atoms with E-state index in [0.29, 0.717) is 16.8 Å². The van der Waals surface area contributed by atoms with Crippen molar-refractivity contribution < 1.29 is 28.3 Å². The van der Waals surface area contributed by atoms with Crippen LogP contribution >= 0.6 is 0 Å². The molecule has 0 radical (unpaired) electrons. The average molecular weight is 446 g/mol. The van der Waals surface area contributed by atoms with Crippen LogP contribution in [0, 0.1) is 5.82 Å². The van der Waals surface area contributed by atoms with Crippen molar-refractivity contribution in [2.45, 2.75) is 6.54 Å². The molecule has 0 N–H and O–H groups in total. The van der Waals surface area contributed by atoms with Crippen LogP contribution in [-0.4, -0.2) is 42.2 Å². The van der Waals surface area contributed by atoms with E-state index in [1.165, 1.54) is 41.3 Å². The van der Waals surface area contributed by atoms with Crippen molar-refractivity contribution in [1.29, 1.82) is 0 Å². The van der Waals surface area contributed by atoms with Crippen LogP contribution in [0.15, 0.2) is 72.8 Å². The summed E-state index contributed by atoms with van der Waals surface area (Å²) in [6.07, 6.45) is 0. The molecule has 0 aliphatic carbocycles. The zero-order valence-electron chi connectivity index (χ0n) is 17.7. The van der Waals surface area contributed by atoms with E-state index in [1.807, 2.05) is 0 Å². The Morgan fingerprint density at radius 2 is 1.45 bits per heavy atom. The number of halogens is 1.